The van der Waals surface area contributed by atoms with Gasteiger partial charge in [0.25, 0.3) is 11.8 Å². The highest BCUT2D eigenvalue weighted by atomic mass is 19.1. The molecule has 0 atom stereocenters. The number of hydrogen-bond acceptors (Lipinski definition) is 4. The van der Waals surface area contributed by atoms with Gasteiger partial charge >= 0.3 is 0 Å². The maximum atomic E-state index is 13.5. The largest absolute Gasteiger partial charge is 0.367 e. The van der Waals surface area contributed by atoms with Crippen molar-refractivity contribution in [2.75, 3.05) is 49.5 Å². The maximum Gasteiger partial charge on any atom is 0.256 e. The van der Waals surface area contributed by atoms with E-state index in [0.29, 0.717) is 43.0 Å². The standard InChI is InChI=1S/C26H31FN4O3/c1-18(2)24(32)28-21-8-9-23(22(17-21)26(34)30-10-3-4-11-30)29-12-14-31(15-13-29)25(33)19-6-5-7-20(27)16-19/h5-9,16-18H,3-4,10-15H2,1-2H3,(H,28,32). The lowest BCUT2D eigenvalue weighted by Crippen LogP contribution is -2.49. The highest BCUT2D eigenvalue weighted by molar-refractivity contribution is 6.02. The molecule has 2 aromatic carbocycles. The Morgan fingerprint density at radius 1 is 0.853 bits per heavy atom. The van der Waals surface area contributed by atoms with E-state index in [1.54, 1.807) is 17.0 Å². The van der Waals surface area contributed by atoms with Crippen LogP contribution in [-0.2, 0) is 4.79 Å². The van der Waals surface area contributed by atoms with Gasteiger partial charge in [0, 0.05) is 62.1 Å². The Bertz CT molecular complexity index is 1070. The summed E-state index contributed by atoms with van der Waals surface area (Å²) in [6.45, 7) is 7.16. The fourth-order valence-electron chi connectivity index (χ4n) is 4.39. The molecule has 0 aliphatic carbocycles. The van der Waals surface area contributed by atoms with Crippen molar-refractivity contribution in [1.29, 1.82) is 0 Å². The average Bonchev–Trinajstić information content (AvgIpc) is 3.38. The predicted octanol–water partition coefficient (Wildman–Crippen LogP) is 3.62. The lowest BCUT2D eigenvalue weighted by molar-refractivity contribution is -0.118. The van der Waals surface area contributed by atoms with Crippen LogP contribution in [0.5, 0.6) is 0 Å². The molecule has 2 fully saturated rings. The summed E-state index contributed by atoms with van der Waals surface area (Å²) in [7, 11) is 0. The van der Waals surface area contributed by atoms with Crippen LogP contribution in [0, 0.1) is 11.7 Å². The van der Waals surface area contributed by atoms with Crippen molar-refractivity contribution in [3.8, 4) is 0 Å². The maximum absolute atomic E-state index is 13.5. The van der Waals surface area contributed by atoms with Crippen LogP contribution in [0.1, 0.15) is 47.4 Å². The molecular weight excluding hydrogens is 435 g/mol. The monoisotopic (exact) mass is 466 g/mol. The molecule has 4 rings (SSSR count). The van der Waals surface area contributed by atoms with Crippen LogP contribution < -0.4 is 10.2 Å². The number of piperazine rings is 1. The summed E-state index contributed by atoms with van der Waals surface area (Å²) in [5.74, 6) is -0.928. The van der Waals surface area contributed by atoms with E-state index in [1.807, 2.05) is 30.9 Å². The molecule has 34 heavy (non-hydrogen) atoms. The minimum atomic E-state index is -0.431. The SMILES string of the molecule is CC(C)C(=O)Nc1ccc(N2CCN(C(=O)c3cccc(F)c3)CC2)c(C(=O)N2CCCC2)c1. The van der Waals surface area contributed by atoms with E-state index in [0.717, 1.165) is 31.6 Å². The second-order valence-corrected chi connectivity index (χ2v) is 9.16. The number of carbonyl (C=O) groups excluding carboxylic acids is 3. The van der Waals surface area contributed by atoms with Crippen molar-refractivity contribution < 1.29 is 18.8 Å². The molecule has 2 aliphatic heterocycles. The average molecular weight is 467 g/mol. The van der Waals surface area contributed by atoms with Gasteiger partial charge in [-0.25, -0.2) is 4.39 Å². The molecule has 2 saturated heterocycles. The van der Waals surface area contributed by atoms with E-state index in [4.69, 9.17) is 0 Å². The Morgan fingerprint density at radius 3 is 2.18 bits per heavy atom. The molecule has 0 spiro atoms. The summed E-state index contributed by atoms with van der Waals surface area (Å²) in [6, 6.07) is 11.2. The fraction of sp³-hybridized carbons (Fsp3) is 0.423. The van der Waals surface area contributed by atoms with Gasteiger partial charge in [-0.05, 0) is 49.2 Å². The molecule has 1 N–H and O–H groups in total. The van der Waals surface area contributed by atoms with Crippen LogP contribution in [0.15, 0.2) is 42.5 Å². The zero-order valence-electron chi connectivity index (χ0n) is 19.7. The Labute approximate surface area is 199 Å². The number of nitrogens with one attached hydrogen (secondary N) is 1. The highest BCUT2D eigenvalue weighted by Crippen LogP contribution is 2.28. The van der Waals surface area contributed by atoms with Crippen molar-refractivity contribution in [1.82, 2.24) is 9.80 Å². The van der Waals surface area contributed by atoms with E-state index in [1.165, 1.54) is 18.2 Å². The van der Waals surface area contributed by atoms with Gasteiger partial charge in [-0.15, -0.1) is 0 Å². The minimum absolute atomic E-state index is 0.0357. The number of halogens is 1. The molecule has 0 unspecified atom stereocenters. The third kappa shape index (κ3) is 5.21. The lowest BCUT2D eigenvalue weighted by Gasteiger charge is -2.37. The Hall–Kier alpha value is -3.42. The van der Waals surface area contributed by atoms with Crippen molar-refractivity contribution in [2.24, 2.45) is 5.92 Å². The Morgan fingerprint density at radius 2 is 1.53 bits per heavy atom. The molecule has 0 radical (unpaired) electrons. The highest BCUT2D eigenvalue weighted by Gasteiger charge is 2.28. The van der Waals surface area contributed by atoms with E-state index >= 15 is 0 Å². The number of amides is 3. The second-order valence-electron chi connectivity index (χ2n) is 9.16. The summed E-state index contributed by atoms with van der Waals surface area (Å²) in [5, 5.41) is 2.89. The molecule has 8 heteroatoms. The fourth-order valence-corrected chi connectivity index (χ4v) is 4.39. The zero-order valence-corrected chi connectivity index (χ0v) is 19.7. The normalized spacial score (nSPS) is 16.2. The molecular formula is C26H31FN4O3. The molecule has 0 bridgehead atoms. The molecule has 2 aromatic rings. The zero-order chi connectivity index (χ0) is 24.2. The minimum Gasteiger partial charge on any atom is -0.367 e. The van der Waals surface area contributed by atoms with Crippen molar-refractivity contribution in [3.05, 3.63) is 59.4 Å². The summed E-state index contributed by atoms with van der Waals surface area (Å²) in [4.78, 5) is 44.0. The number of hydrogen-bond donors (Lipinski definition) is 1. The third-order valence-corrected chi connectivity index (χ3v) is 6.39. The van der Waals surface area contributed by atoms with Gasteiger partial charge in [-0.3, -0.25) is 14.4 Å². The Kier molecular flexibility index (Phi) is 7.14. The predicted molar refractivity (Wildman–Crippen MR) is 130 cm³/mol. The van der Waals surface area contributed by atoms with Crippen LogP contribution in [0.2, 0.25) is 0 Å². The van der Waals surface area contributed by atoms with Crippen LogP contribution >= 0.6 is 0 Å². The van der Waals surface area contributed by atoms with Crippen LogP contribution in [0.25, 0.3) is 0 Å². The molecule has 2 heterocycles. The second kappa shape index (κ2) is 10.2. The third-order valence-electron chi connectivity index (χ3n) is 6.39. The first-order valence-corrected chi connectivity index (χ1v) is 11.9. The van der Waals surface area contributed by atoms with Gasteiger partial charge in [0.05, 0.1) is 5.56 Å². The topological polar surface area (TPSA) is 73.0 Å². The first kappa shape index (κ1) is 23.7. The Balaban J connectivity index is 1.53. The van der Waals surface area contributed by atoms with E-state index in [2.05, 4.69) is 10.2 Å². The molecule has 0 aromatic heterocycles. The van der Waals surface area contributed by atoms with Crippen molar-refractivity contribution >= 4 is 29.1 Å². The number of nitrogens with zero attached hydrogens (tertiary/aromatic N) is 3. The van der Waals surface area contributed by atoms with Gasteiger partial charge in [-0.1, -0.05) is 19.9 Å². The van der Waals surface area contributed by atoms with Gasteiger partial charge in [0.2, 0.25) is 5.91 Å². The number of carbonyl (C=O) groups is 3. The number of likely N-dealkylation sites (tertiary alicyclic amines) is 1. The van der Waals surface area contributed by atoms with Gasteiger partial charge in [0.15, 0.2) is 0 Å². The smallest absolute Gasteiger partial charge is 0.256 e. The summed E-state index contributed by atoms with van der Waals surface area (Å²) in [5.41, 5.74) is 2.30. The first-order chi connectivity index (χ1) is 16.3. The molecule has 0 saturated carbocycles. The van der Waals surface area contributed by atoms with Gasteiger partial charge in [0.1, 0.15) is 5.82 Å². The molecule has 7 nitrogen and oxygen atoms in total. The molecule has 180 valence electrons. The van der Waals surface area contributed by atoms with E-state index < -0.39 is 5.82 Å². The number of rotatable bonds is 5. The van der Waals surface area contributed by atoms with Crippen LogP contribution in [-0.4, -0.2) is 66.8 Å². The van der Waals surface area contributed by atoms with Crippen molar-refractivity contribution in [3.63, 3.8) is 0 Å². The van der Waals surface area contributed by atoms with E-state index in [-0.39, 0.29) is 23.6 Å². The summed E-state index contributed by atoms with van der Waals surface area (Å²) < 4.78 is 13.5. The number of benzene rings is 2. The first-order valence-electron chi connectivity index (χ1n) is 11.9. The lowest BCUT2D eigenvalue weighted by atomic mass is 10.1. The van der Waals surface area contributed by atoms with Gasteiger partial charge < -0.3 is 20.0 Å². The summed E-state index contributed by atoms with van der Waals surface area (Å²) >= 11 is 0. The van der Waals surface area contributed by atoms with Crippen molar-refractivity contribution in [2.45, 2.75) is 26.7 Å². The van der Waals surface area contributed by atoms with Crippen LogP contribution in [0.3, 0.4) is 0 Å². The number of anilines is 2. The molecule has 2 aliphatic rings. The van der Waals surface area contributed by atoms with E-state index in [9.17, 15) is 18.8 Å². The molecule has 3 amide bonds. The van der Waals surface area contributed by atoms with Gasteiger partial charge in [-0.2, -0.15) is 0 Å². The summed E-state index contributed by atoms with van der Waals surface area (Å²) in [6.07, 6.45) is 1.98. The van der Waals surface area contributed by atoms with Crippen LogP contribution in [0.4, 0.5) is 15.8 Å². The quantitative estimate of drug-likeness (QED) is 0.731.